The van der Waals surface area contributed by atoms with E-state index >= 15 is 0 Å². The quantitative estimate of drug-likeness (QED) is 0.257. The highest BCUT2D eigenvalue weighted by Gasteiger charge is 2.08. The molecule has 0 bridgehead atoms. The number of rotatable bonds is 9. The van der Waals surface area contributed by atoms with Crippen molar-refractivity contribution in [2.75, 3.05) is 32.1 Å². The van der Waals surface area contributed by atoms with Crippen molar-refractivity contribution in [1.82, 2.24) is 10.6 Å². The smallest absolute Gasteiger partial charge is 0.190 e. The third-order valence-corrected chi connectivity index (χ3v) is 3.63. The van der Waals surface area contributed by atoms with Crippen molar-refractivity contribution in [1.29, 1.82) is 0 Å². The highest BCUT2D eigenvalue weighted by atomic mass is 127. The van der Waals surface area contributed by atoms with E-state index in [9.17, 15) is 0 Å². The second-order valence-corrected chi connectivity index (χ2v) is 7.13. The molecule has 0 spiro atoms. The Morgan fingerprint density at radius 3 is 2.00 bits per heavy atom. The fourth-order valence-electron chi connectivity index (χ4n) is 1.79. The number of hydrogen-bond acceptors (Lipinski definition) is 2. The number of nitrogens with zero attached hydrogens (tertiary/aromatic N) is 1. The maximum Gasteiger partial charge on any atom is 0.190 e. The Hall–Kier alpha value is 0.350. The Labute approximate surface area is 147 Å². The first-order valence-corrected chi connectivity index (χ1v) is 8.82. The molecule has 20 heavy (non-hydrogen) atoms. The molecule has 0 aliphatic heterocycles. The van der Waals surface area contributed by atoms with Gasteiger partial charge < -0.3 is 10.6 Å². The summed E-state index contributed by atoms with van der Waals surface area (Å²) in [6.45, 7) is 8.93. The monoisotopic (exact) mass is 415 g/mol. The molecule has 0 rings (SSSR count). The molecule has 0 atom stereocenters. The molecular formula is C15H34IN3S. The minimum Gasteiger partial charge on any atom is -0.356 e. The molecule has 0 unspecified atom stereocenters. The summed E-state index contributed by atoms with van der Waals surface area (Å²) >= 11 is 1.91. The molecule has 0 amide bonds. The molecule has 5 heteroatoms. The highest BCUT2D eigenvalue weighted by Crippen LogP contribution is 2.21. The predicted molar refractivity (Wildman–Crippen MR) is 106 cm³/mol. The van der Waals surface area contributed by atoms with Crippen molar-refractivity contribution in [3.63, 3.8) is 0 Å². The number of nitrogens with one attached hydrogen (secondary N) is 2. The maximum atomic E-state index is 4.24. The van der Waals surface area contributed by atoms with Crippen molar-refractivity contribution in [3.05, 3.63) is 0 Å². The Balaban J connectivity index is 0. The van der Waals surface area contributed by atoms with Crippen LogP contribution in [0, 0.1) is 5.41 Å². The number of guanidine groups is 1. The van der Waals surface area contributed by atoms with E-state index in [0.717, 1.165) is 19.0 Å². The van der Waals surface area contributed by atoms with Gasteiger partial charge in [0.05, 0.1) is 0 Å². The molecule has 122 valence electrons. The first-order chi connectivity index (χ1) is 8.99. The van der Waals surface area contributed by atoms with Gasteiger partial charge in [-0.05, 0) is 43.1 Å². The lowest BCUT2D eigenvalue weighted by molar-refractivity contribution is 0.360. The lowest BCUT2D eigenvalue weighted by Crippen LogP contribution is -2.38. The number of hydrogen-bond donors (Lipinski definition) is 2. The van der Waals surface area contributed by atoms with Crippen molar-refractivity contribution in [3.8, 4) is 0 Å². The SMILES string of the molecule is CN=C(NCCCCSC)NCCCCC(C)(C)C.I. The van der Waals surface area contributed by atoms with Gasteiger partial charge in [-0.2, -0.15) is 11.8 Å². The summed E-state index contributed by atoms with van der Waals surface area (Å²) in [4.78, 5) is 4.24. The normalized spacial score (nSPS) is 11.9. The molecule has 0 aliphatic rings. The van der Waals surface area contributed by atoms with Crippen molar-refractivity contribution < 1.29 is 0 Å². The summed E-state index contributed by atoms with van der Waals surface area (Å²) in [5.74, 6) is 2.19. The van der Waals surface area contributed by atoms with Crippen molar-refractivity contribution >= 4 is 41.7 Å². The van der Waals surface area contributed by atoms with E-state index in [0.29, 0.717) is 5.41 Å². The van der Waals surface area contributed by atoms with Gasteiger partial charge in [-0.1, -0.05) is 27.2 Å². The van der Waals surface area contributed by atoms with Gasteiger partial charge in [-0.15, -0.1) is 24.0 Å². The van der Waals surface area contributed by atoms with Crippen LogP contribution in [-0.4, -0.2) is 38.1 Å². The lowest BCUT2D eigenvalue weighted by Gasteiger charge is -2.18. The first kappa shape index (κ1) is 22.6. The summed E-state index contributed by atoms with van der Waals surface area (Å²) in [7, 11) is 1.84. The number of aliphatic imine (C=N–C) groups is 1. The molecule has 3 nitrogen and oxygen atoms in total. The summed E-state index contributed by atoms with van der Waals surface area (Å²) in [5.41, 5.74) is 0.456. The van der Waals surface area contributed by atoms with Gasteiger partial charge in [-0.25, -0.2) is 0 Å². The van der Waals surface area contributed by atoms with Gasteiger partial charge in [0.15, 0.2) is 5.96 Å². The molecule has 0 saturated heterocycles. The van der Waals surface area contributed by atoms with E-state index in [1.165, 1.54) is 37.9 Å². The van der Waals surface area contributed by atoms with Gasteiger partial charge in [0.1, 0.15) is 0 Å². The van der Waals surface area contributed by atoms with Crippen LogP contribution in [0.2, 0.25) is 0 Å². The van der Waals surface area contributed by atoms with Crippen LogP contribution < -0.4 is 10.6 Å². The topological polar surface area (TPSA) is 36.4 Å². The molecule has 0 radical (unpaired) electrons. The summed E-state index contributed by atoms with van der Waals surface area (Å²) in [6.07, 6.45) is 8.43. The van der Waals surface area contributed by atoms with Crippen LogP contribution in [-0.2, 0) is 0 Å². The summed E-state index contributed by atoms with van der Waals surface area (Å²) in [5, 5.41) is 6.75. The van der Waals surface area contributed by atoms with Gasteiger partial charge in [-0.3, -0.25) is 4.99 Å². The van der Waals surface area contributed by atoms with E-state index in [-0.39, 0.29) is 24.0 Å². The fraction of sp³-hybridized carbons (Fsp3) is 0.933. The number of thioether (sulfide) groups is 1. The van der Waals surface area contributed by atoms with Crippen LogP contribution >= 0.6 is 35.7 Å². The second-order valence-electron chi connectivity index (χ2n) is 6.14. The molecule has 2 N–H and O–H groups in total. The van der Waals surface area contributed by atoms with E-state index in [2.05, 4.69) is 42.7 Å². The van der Waals surface area contributed by atoms with Crippen LogP contribution in [0.15, 0.2) is 4.99 Å². The molecule has 0 aromatic carbocycles. The van der Waals surface area contributed by atoms with E-state index in [1.807, 2.05) is 18.8 Å². The fourth-order valence-corrected chi connectivity index (χ4v) is 2.28. The standard InChI is InChI=1S/C15H33N3S.HI/c1-15(2,3)10-6-7-11-17-14(16-4)18-12-8-9-13-19-5;/h6-13H2,1-5H3,(H2,16,17,18);1H. The molecule has 0 aromatic rings. The third-order valence-electron chi connectivity index (χ3n) is 2.94. The van der Waals surface area contributed by atoms with E-state index < -0.39 is 0 Å². The van der Waals surface area contributed by atoms with Gasteiger partial charge in [0.2, 0.25) is 0 Å². The van der Waals surface area contributed by atoms with Crippen LogP contribution in [0.4, 0.5) is 0 Å². The molecular weight excluding hydrogens is 381 g/mol. The zero-order valence-corrected chi connectivity index (χ0v) is 17.1. The second kappa shape index (κ2) is 14.3. The minimum atomic E-state index is 0. The molecule has 0 aromatic heterocycles. The zero-order valence-electron chi connectivity index (χ0n) is 13.9. The van der Waals surface area contributed by atoms with Crippen LogP contribution in [0.25, 0.3) is 0 Å². The van der Waals surface area contributed by atoms with E-state index in [1.54, 1.807) is 0 Å². The summed E-state index contributed by atoms with van der Waals surface area (Å²) in [6, 6.07) is 0. The average Bonchev–Trinajstić information content (AvgIpc) is 2.34. The largest absolute Gasteiger partial charge is 0.356 e. The molecule has 0 heterocycles. The minimum absolute atomic E-state index is 0. The van der Waals surface area contributed by atoms with Gasteiger partial charge in [0.25, 0.3) is 0 Å². The van der Waals surface area contributed by atoms with Crippen LogP contribution in [0.3, 0.4) is 0 Å². The molecule has 0 saturated carbocycles. The third kappa shape index (κ3) is 16.4. The Morgan fingerprint density at radius 1 is 1.00 bits per heavy atom. The van der Waals surface area contributed by atoms with Gasteiger partial charge >= 0.3 is 0 Å². The highest BCUT2D eigenvalue weighted by molar-refractivity contribution is 14.0. The zero-order chi connectivity index (χ0) is 14.6. The number of unbranched alkanes of at least 4 members (excludes halogenated alkanes) is 2. The predicted octanol–water partition coefficient (Wildman–Crippen LogP) is 4.13. The summed E-state index contributed by atoms with van der Waals surface area (Å²) < 4.78 is 0. The molecule has 0 fully saturated rings. The van der Waals surface area contributed by atoms with Gasteiger partial charge in [0, 0.05) is 20.1 Å². The maximum absolute atomic E-state index is 4.24. The lowest BCUT2D eigenvalue weighted by atomic mass is 9.90. The van der Waals surface area contributed by atoms with Crippen molar-refractivity contribution in [2.24, 2.45) is 10.4 Å². The van der Waals surface area contributed by atoms with Crippen molar-refractivity contribution in [2.45, 2.75) is 52.9 Å². The van der Waals surface area contributed by atoms with E-state index in [4.69, 9.17) is 0 Å². The Bertz CT molecular complexity index is 240. The molecule has 0 aliphatic carbocycles. The average molecular weight is 415 g/mol. The number of halogens is 1. The van der Waals surface area contributed by atoms with Crippen LogP contribution in [0.5, 0.6) is 0 Å². The Morgan fingerprint density at radius 2 is 1.55 bits per heavy atom. The van der Waals surface area contributed by atoms with Crippen LogP contribution in [0.1, 0.15) is 52.9 Å². The Kier molecular flexibility index (Phi) is 16.2. The first-order valence-electron chi connectivity index (χ1n) is 7.43.